The lowest BCUT2D eigenvalue weighted by atomic mass is 9.94. The molecule has 31 heavy (non-hydrogen) atoms. The number of unbranched alkanes of at least 4 members (excludes halogenated alkanes) is 1. The Morgan fingerprint density at radius 3 is 2.81 bits per heavy atom. The van der Waals surface area contributed by atoms with Crippen LogP contribution in [0.5, 0.6) is 0 Å². The Hall–Kier alpha value is -3.07. The van der Waals surface area contributed by atoms with Gasteiger partial charge < -0.3 is 10.2 Å². The summed E-state index contributed by atoms with van der Waals surface area (Å²) in [7, 11) is 0. The Morgan fingerprint density at radius 2 is 2.06 bits per heavy atom. The largest absolute Gasteiger partial charge is 0.330 e. The zero-order valence-electron chi connectivity index (χ0n) is 17.4. The number of nitrogens with one attached hydrogen (secondary N) is 2. The number of aromatic nitrogens is 1. The fraction of sp³-hybridized carbons (Fsp3) is 0.455. The molecular formula is C22H27FN4O4. The van der Waals surface area contributed by atoms with Gasteiger partial charge in [0, 0.05) is 23.5 Å². The van der Waals surface area contributed by atoms with Gasteiger partial charge in [0.05, 0.1) is 17.8 Å². The van der Waals surface area contributed by atoms with Gasteiger partial charge in [0.1, 0.15) is 6.04 Å². The molecule has 0 bridgehead atoms. The van der Waals surface area contributed by atoms with Gasteiger partial charge in [-0.3, -0.25) is 24.6 Å². The van der Waals surface area contributed by atoms with E-state index >= 15 is 0 Å². The number of hydroxylamine groups is 1. The van der Waals surface area contributed by atoms with Crippen LogP contribution in [0.1, 0.15) is 39.0 Å². The fourth-order valence-electron chi connectivity index (χ4n) is 4.01. The maximum absolute atomic E-state index is 14.6. The first kappa shape index (κ1) is 22.6. The predicted octanol–water partition coefficient (Wildman–Crippen LogP) is 2.81. The quantitative estimate of drug-likeness (QED) is 0.440. The second kappa shape index (κ2) is 10.3. The minimum atomic E-state index is -2.18. The number of fused-ring (bicyclic) bond motifs is 1. The van der Waals surface area contributed by atoms with Crippen LogP contribution in [0.3, 0.4) is 0 Å². The van der Waals surface area contributed by atoms with Gasteiger partial charge in [0.25, 0.3) is 5.91 Å². The van der Waals surface area contributed by atoms with Crippen LogP contribution < -0.4 is 10.8 Å². The molecule has 8 nitrogen and oxygen atoms in total. The summed E-state index contributed by atoms with van der Waals surface area (Å²) < 4.78 is 14.6. The fourth-order valence-corrected chi connectivity index (χ4v) is 4.01. The number of hydrogen-bond donors (Lipinski definition) is 3. The summed E-state index contributed by atoms with van der Waals surface area (Å²) in [4.78, 5) is 43.3. The number of likely N-dealkylation sites (tertiary alicyclic amines) is 1. The van der Waals surface area contributed by atoms with Gasteiger partial charge in [-0.15, -0.1) is 0 Å². The number of benzene rings is 1. The number of alkyl halides is 1. The molecule has 1 fully saturated rings. The molecule has 0 radical (unpaired) electrons. The molecule has 2 aromatic rings. The van der Waals surface area contributed by atoms with E-state index in [1.807, 2.05) is 31.2 Å². The van der Waals surface area contributed by atoms with E-state index in [2.05, 4.69) is 10.3 Å². The molecule has 1 saturated heterocycles. The first-order valence-electron chi connectivity index (χ1n) is 10.5. The van der Waals surface area contributed by atoms with E-state index in [0.717, 1.165) is 17.2 Å². The molecule has 1 aromatic heterocycles. The van der Waals surface area contributed by atoms with Crippen molar-refractivity contribution in [1.29, 1.82) is 0 Å². The van der Waals surface area contributed by atoms with Crippen molar-refractivity contribution in [3.8, 4) is 0 Å². The maximum Gasteiger partial charge on any atom is 0.278 e. The SMILES string of the molecule is CCCC[C@@H](C(=O)N1CCCC1C(=O)Nc1cncc2ccccc12)[C@H](F)C(=O)NO. The van der Waals surface area contributed by atoms with Crippen LogP contribution in [0, 0.1) is 5.92 Å². The van der Waals surface area contributed by atoms with Crippen LogP contribution in [0.2, 0.25) is 0 Å². The highest BCUT2D eigenvalue weighted by Gasteiger charge is 2.41. The smallest absolute Gasteiger partial charge is 0.278 e. The molecule has 9 heteroatoms. The molecule has 3 atom stereocenters. The minimum Gasteiger partial charge on any atom is -0.330 e. The molecule has 3 N–H and O–H groups in total. The number of pyridine rings is 1. The number of nitrogens with zero attached hydrogens (tertiary/aromatic N) is 2. The van der Waals surface area contributed by atoms with E-state index in [1.54, 1.807) is 12.4 Å². The van der Waals surface area contributed by atoms with Crippen LogP contribution in [0.15, 0.2) is 36.7 Å². The van der Waals surface area contributed by atoms with Crippen molar-refractivity contribution >= 4 is 34.2 Å². The van der Waals surface area contributed by atoms with Crippen LogP contribution in [-0.4, -0.2) is 51.6 Å². The third-order valence-corrected chi connectivity index (χ3v) is 5.66. The molecule has 1 unspecified atom stereocenters. The average Bonchev–Trinajstić information content (AvgIpc) is 3.29. The zero-order chi connectivity index (χ0) is 22.4. The lowest BCUT2D eigenvalue weighted by molar-refractivity contribution is -0.148. The minimum absolute atomic E-state index is 0.155. The number of amides is 3. The standard InChI is InChI=1S/C22H27FN4O4/c1-2-3-8-16(19(23)21(29)26-31)22(30)27-11-6-10-18(27)20(28)25-17-13-24-12-14-7-4-5-9-15(14)17/h4-5,7,9,12-13,16,18-19,31H,2-3,6,8,10-11H2,1H3,(H,25,28)(H,26,29)/t16-,18?,19+/m1/s1. The van der Waals surface area contributed by atoms with E-state index < -0.39 is 29.9 Å². The summed E-state index contributed by atoms with van der Waals surface area (Å²) in [5.41, 5.74) is 1.81. The maximum atomic E-state index is 14.6. The monoisotopic (exact) mass is 430 g/mol. The molecule has 0 aliphatic carbocycles. The highest BCUT2D eigenvalue weighted by molar-refractivity contribution is 6.04. The first-order chi connectivity index (χ1) is 15.0. The number of carbonyl (C=O) groups excluding carboxylic acids is 3. The Labute approximate surface area is 179 Å². The molecule has 1 aliphatic heterocycles. The van der Waals surface area contributed by atoms with E-state index in [9.17, 15) is 18.8 Å². The summed E-state index contributed by atoms with van der Waals surface area (Å²) in [6.45, 7) is 2.20. The summed E-state index contributed by atoms with van der Waals surface area (Å²) in [5.74, 6) is -3.46. The van der Waals surface area contributed by atoms with Gasteiger partial charge >= 0.3 is 0 Å². The predicted molar refractivity (Wildman–Crippen MR) is 113 cm³/mol. The highest BCUT2D eigenvalue weighted by atomic mass is 19.1. The number of carbonyl (C=O) groups is 3. The number of rotatable bonds is 8. The van der Waals surface area contributed by atoms with Gasteiger partial charge in [-0.2, -0.15) is 0 Å². The van der Waals surface area contributed by atoms with Crippen LogP contribution in [-0.2, 0) is 14.4 Å². The summed E-state index contributed by atoms with van der Waals surface area (Å²) >= 11 is 0. The van der Waals surface area contributed by atoms with Gasteiger partial charge in [-0.25, -0.2) is 9.87 Å². The Bertz CT molecular complexity index is 949. The van der Waals surface area contributed by atoms with E-state index in [1.165, 1.54) is 10.4 Å². The summed E-state index contributed by atoms with van der Waals surface area (Å²) in [6.07, 6.45) is 3.52. The third-order valence-electron chi connectivity index (χ3n) is 5.66. The molecule has 0 spiro atoms. The van der Waals surface area contributed by atoms with Crippen molar-refractivity contribution in [3.63, 3.8) is 0 Å². The summed E-state index contributed by atoms with van der Waals surface area (Å²) in [6, 6.07) is 6.72. The number of hydrogen-bond acceptors (Lipinski definition) is 5. The van der Waals surface area contributed by atoms with Crippen molar-refractivity contribution in [2.45, 2.75) is 51.2 Å². The second-order valence-corrected chi connectivity index (χ2v) is 7.71. The Balaban J connectivity index is 1.78. The van der Waals surface area contributed by atoms with Gasteiger partial charge in [-0.1, -0.05) is 44.0 Å². The molecule has 0 saturated carbocycles. The van der Waals surface area contributed by atoms with Crippen molar-refractivity contribution in [1.82, 2.24) is 15.4 Å². The van der Waals surface area contributed by atoms with Gasteiger partial charge in [0.2, 0.25) is 11.8 Å². The molecule has 3 rings (SSSR count). The zero-order valence-corrected chi connectivity index (χ0v) is 17.4. The molecule has 2 heterocycles. The third kappa shape index (κ3) is 4.99. The average molecular weight is 430 g/mol. The van der Waals surface area contributed by atoms with Gasteiger partial charge in [0.15, 0.2) is 6.17 Å². The molecule has 1 aliphatic rings. The molecule has 166 valence electrons. The van der Waals surface area contributed by atoms with E-state index in [0.29, 0.717) is 31.5 Å². The van der Waals surface area contributed by atoms with E-state index in [-0.39, 0.29) is 12.3 Å². The van der Waals surface area contributed by atoms with Crippen molar-refractivity contribution < 1.29 is 24.0 Å². The first-order valence-corrected chi connectivity index (χ1v) is 10.5. The Morgan fingerprint density at radius 1 is 1.29 bits per heavy atom. The van der Waals surface area contributed by atoms with Gasteiger partial charge in [-0.05, 0) is 19.3 Å². The lowest BCUT2D eigenvalue weighted by Gasteiger charge is -2.29. The van der Waals surface area contributed by atoms with Crippen molar-refractivity contribution in [2.75, 3.05) is 11.9 Å². The molecule has 3 amide bonds. The second-order valence-electron chi connectivity index (χ2n) is 7.71. The lowest BCUT2D eigenvalue weighted by Crippen LogP contribution is -2.49. The van der Waals surface area contributed by atoms with Crippen LogP contribution >= 0.6 is 0 Å². The number of halogens is 1. The number of anilines is 1. The van der Waals surface area contributed by atoms with Crippen LogP contribution in [0.25, 0.3) is 10.8 Å². The molecule has 1 aromatic carbocycles. The van der Waals surface area contributed by atoms with Crippen molar-refractivity contribution in [3.05, 3.63) is 36.7 Å². The molecular weight excluding hydrogens is 403 g/mol. The van der Waals surface area contributed by atoms with Crippen LogP contribution in [0.4, 0.5) is 10.1 Å². The van der Waals surface area contributed by atoms with E-state index in [4.69, 9.17) is 5.21 Å². The Kier molecular flexibility index (Phi) is 7.51. The van der Waals surface area contributed by atoms with Crippen molar-refractivity contribution in [2.24, 2.45) is 5.92 Å². The topological polar surface area (TPSA) is 112 Å². The highest BCUT2D eigenvalue weighted by Crippen LogP contribution is 2.27. The normalized spacial score (nSPS) is 17.9. The summed E-state index contributed by atoms with van der Waals surface area (Å²) in [5, 5.41) is 13.3.